The summed E-state index contributed by atoms with van der Waals surface area (Å²) in [4.78, 5) is 11.0. The first-order chi connectivity index (χ1) is 8.17. The molecule has 0 saturated carbocycles. The van der Waals surface area contributed by atoms with Crippen molar-refractivity contribution in [3.05, 3.63) is 35.1 Å². The van der Waals surface area contributed by atoms with E-state index >= 15 is 0 Å². The van der Waals surface area contributed by atoms with E-state index in [1.807, 2.05) is 6.07 Å². The number of rotatable bonds is 3. The van der Waals surface area contributed by atoms with Crippen LogP contribution in [-0.2, 0) is 11.3 Å². The zero-order valence-electron chi connectivity index (χ0n) is 9.16. The van der Waals surface area contributed by atoms with Crippen molar-refractivity contribution in [2.45, 2.75) is 19.0 Å². The number of carbonyl (C=O) groups excluding carboxylic acids is 1. The molecule has 1 amide bonds. The predicted octanol–water partition coefficient (Wildman–Crippen LogP) is 0.675. The molecule has 1 heterocycles. The predicted molar refractivity (Wildman–Crippen MR) is 59.4 cm³/mol. The van der Waals surface area contributed by atoms with E-state index in [2.05, 4.69) is 10.6 Å². The minimum absolute atomic E-state index is 0.0273. The highest BCUT2D eigenvalue weighted by Gasteiger charge is 2.20. The second kappa shape index (κ2) is 4.93. The van der Waals surface area contributed by atoms with Crippen LogP contribution in [0.2, 0.25) is 0 Å². The van der Waals surface area contributed by atoms with E-state index in [1.54, 1.807) is 6.07 Å². The first-order valence-electron chi connectivity index (χ1n) is 5.37. The molecule has 0 bridgehead atoms. The maximum atomic E-state index is 13.1. The number of nitrogens with zero attached hydrogens (tertiary/aromatic N) is 1. The highest BCUT2D eigenvalue weighted by atomic mass is 19.1. The summed E-state index contributed by atoms with van der Waals surface area (Å²) >= 11 is 0. The van der Waals surface area contributed by atoms with Crippen molar-refractivity contribution in [1.29, 1.82) is 5.26 Å². The van der Waals surface area contributed by atoms with Gasteiger partial charge in [-0.2, -0.15) is 5.26 Å². The molecule has 1 aromatic rings. The Morgan fingerprint density at radius 1 is 1.53 bits per heavy atom. The van der Waals surface area contributed by atoms with Gasteiger partial charge in [-0.3, -0.25) is 4.79 Å². The van der Waals surface area contributed by atoms with Crippen LogP contribution in [-0.4, -0.2) is 18.5 Å². The van der Waals surface area contributed by atoms with Gasteiger partial charge in [0.1, 0.15) is 5.82 Å². The molecular weight excluding hydrogens is 221 g/mol. The Morgan fingerprint density at radius 3 is 3.00 bits per heavy atom. The lowest BCUT2D eigenvalue weighted by molar-refractivity contribution is -0.119. The minimum Gasteiger partial charge on any atom is -0.354 e. The van der Waals surface area contributed by atoms with Gasteiger partial charge in [0, 0.05) is 25.6 Å². The summed E-state index contributed by atoms with van der Waals surface area (Å²) in [5, 5.41) is 14.6. The van der Waals surface area contributed by atoms with Crippen LogP contribution in [0.3, 0.4) is 0 Å². The lowest BCUT2D eigenvalue weighted by atomic mass is 10.1. The molecule has 0 radical (unpaired) electrons. The monoisotopic (exact) mass is 233 g/mol. The summed E-state index contributed by atoms with van der Waals surface area (Å²) < 4.78 is 13.1. The number of carbonyl (C=O) groups is 1. The van der Waals surface area contributed by atoms with E-state index in [0.717, 1.165) is 0 Å². The van der Waals surface area contributed by atoms with Crippen molar-refractivity contribution in [1.82, 2.24) is 10.6 Å². The first-order valence-corrected chi connectivity index (χ1v) is 5.37. The van der Waals surface area contributed by atoms with Crippen LogP contribution in [0.5, 0.6) is 0 Å². The smallest absolute Gasteiger partial charge is 0.221 e. The molecule has 1 unspecified atom stereocenters. The Hall–Kier alpha value is -1.93. The van der Waals surface area contributed by atoms with Gasteiger partial charge < -0.3 is 10.6 Å². The summed E-state index contributed by atoms with van der Waals surface area (Å²) in [7, 11) is 0. The van der Waals surface area contributed by atoms with Crippen LogP contribution in [0.15, 0.2) is 18.2 Å². The number of benzene rings is 1. The SMILES string of the molecule is N#Cc1cc(F)cc(CNC2CNC(=O)C2)c1. The van der Waals surface area contributed by atoms with Crippen molar-refractivity contribution in [3.63, 3.8) is 0 Å². The molecule has 0 spiro atoms. The molecule has 1 atom stereocenters. The van der Waals surface area contributed by atoms with E-state index in [0.29, 0.717) is 30.6 Å². The van der Waals surface area contributed by atoms with Gasteiger partial charge in [-0.25, -0.2) is 4.39 Å². The molecule has 4 nitrogen and oxygen atoms in total. The first kappa shape index (κ1) is 11.6. The van der Waals surface area contributed by atoms with E-state index in [9.17, 15) is 9.18 Å². The van der Waals surface area contributed by atoms with Crippen LogP contribution < -0.4 is 10.6 Å². The van der Waals surface area contributed by atoms with Gasteiger partial charge in [0.05, 0.1) is 11.6 Å². The van der Waals surface area contributed by atoms with Gasteiger partial charge in [0.15, 0.2) is 0 Å². The highest BCUT2D eigenvalue weighted by Crippen LogP contribution is 2.09. The topological polar surface area (TPSA) is 64.9 Å². The maximum absolute atomic E-state index is 13.1. The lowest BCUT2D eigenvalue weighted by Gasteiger charge is -2.10. The quantitative estimate of drug-likeness (QED) is 0.806. The second-order valence-corrected chi connectivity index (χ2v) is 4.05. The Kier molecular flexibility index (Phi) is 3.35. The van der Waals surface area contributed by atoms with Crippen molar-refractivity contribution < 1.29 is 9.18 Å². The fourth-order valence-corrected chi connectivity index (χ4v) is 1.83. The number of hydrogen-bond acceptors (Lipinski definition) is 3. The standard InChI is InChI=1S/C12H12FN3O/c13-10-2-8(5-14)1-9(3-10)6-15-11-4-12(17)16-7-11/h1-3,11,15H,4,6-7H2,(H,16,17). The third kappa shape index (κ3) is 3.02. The van der Waals surface area contributed by atoms with Gasteiger partial charge in [-0.05, 0) is 23.8 Å². The number of hydrogen-bond donors (Lipinski definition) is 2. The maximum Gasteiger partial charge on any atom is 0.221 e. The highest BCUT2D eigenvalue weighted by molar-refractivity contribution is 5.78. The molecule has 0 aromatic heterocycles. The van der Waals surface area contributed by atoms with Crippen LogP contribution in [0.1, 0.15) is 17.5 Å². The molecule has 1 aromatic carbocycles. The van der Waals surface area contributed by atoms with E-state index < -0.39 is 5.82 Å². The average molecular weight is 233 g/mol. The number of nitriles is 1. The molecule has 1 fully saturated rings. The fourth-order valence-electron chi connectivity index (χ4n) is 1.83. The Labute approximate surface area is 98.4 Å². The summed E-state index contributed by atoms with van der Waals surface area (Å²) in [6, 6.07) is 6.21. The van der Waals surface area contributed by atoms with E-state index in [-0.39, 0.29) is 11.9 Å². The van der Waals surface area contributed by atoms with Crippen molar-refractivity contribution in [2.75, 3.05) is 6.54 Å². The van der Waals surface area contributed by atoms with Crippen LogP contribution in [0.25, 0.3) is 0 Å². The molecule has 1 aliphatic rings. The Morgan fingerprint density at radius 2 is 2.35 bits per heavy atom. The summed E-state index contributed by atoms with van der Waals surface area (Å²) in [6.07, 6.45) is 0.445. The molecular formula is C12H12FN3O. The Balaban J connectivity index is 1.97. The van der Waals surface area contributed by atoms with E-state index in [4.69, 9.17) is 5.26 Å². The molecule has 1 aliphatic heterocycles. The van der Waals surface area contributed by atoms with Crippen molar-refractivity contribution >= 4 is 5.91 Å². The second-order valence-electron chi connectivity index (χ2n) is 4.05. The third-order valence-corrected chi connectivity index (χ3v) is 2.66. The normalized spacial score (nSPS) is 18.8. The molecule has 1 saturated heterocycles. The van der Waals surface area contributed by atoms with Gasteiger partial charge in [-0.15, -0.1) is 0 Å². The Bertz CT molecular complexity index is 481. The summed E-state index contributed by atoms with van der Waals surface area (Å²) in [6.45, 7) is 1.05. The van der Waals surface area contributed by atoms with Gasteiger partial charge in [-0.1, -0.05) is 0 Å². The third-order valence-electron chi connectivity index (χ3n) is 2.66. The number of halogens is 1. The van der Waals surface area contributed by atoms with Crippen molar-refractivity contribution in [2.24, 2.45) is 0 Å². The largest absolute Gasteiger partial charge is 0.354 e. The molecule has 5 heteroatoms. The molecule has 0 aliphatic carbocycles. The number of nitrogens with one attached hydrogen (secondary N) is 2. The number of amides is 1. The molecule has 17 heavy (non-hydrogen) atoms. The average Bonchev–Trinajstić information content (AvgIpc) is 2.72. The van der Waals surface area contributed by atoms with Gasteiger partial charge >= 0.3 is 0 Å². The van der Waals surface area contributed by atoms with Crippen LogP contribution in [0.4, 0.5) is 4.39 Å². The lowest BCUT2D eigenvalue weighted by Crippen LogP contribution is -2.30. The zero-order valence-corrected chi connectivity index (χ0v) is 9.16. The van der Waals surface area contributed by atoms with Gasteiger partial charge in [0.2, 0.25) is 5.91 Å². The van der Waals surface area contributed by atoms with E-state index in [1.165, 1.54) is 12.1 Å². The zero-order chi connectivity index (χ0) is 12.3. The summed E-state index contributed by atoms with van der Waals surface area (Å²) in [5.41, 5.74) is 1.02. The molecule has 2 N–H and O–H groups in total. The molecule has 2 rings (SSSR count). The minimum atomic E-state index is -0.415. The van der Waals surface area contributed by atoms with Gasteiger partial charge in [0.25, 0.3) is 0 Å². The van der Waals surface area contributed by atoms with Crippen LogP contribution in [0, 0.1) is 17.1 Å². The van der Waals surface area contributed by atoms with Crippen LogP contribution >= 0.6 is 0 Å². The summed E-state index contributed by atoms with van der Waals surface area (Å²) in [5.74, 6) is -0.388. The fraction of sp³-hybridized carbons (Fsp3) is 0.333. The van der Waals surface area contributed by atoms with Crippen molar-refractivity contribution in [3.8, 4) is 6.07 Å². The molecule has 88 valence electrons.